The summed E-state index contributed by atoms with van der Waals surface area (Å²) < 4.78 is 5.98. The Labute approximate surface area is 106 Å². The second-order valence-corrected chi connectivity index (χ2v) is 6.33. The lowest BCUT2D eigenvalue weighted by Gasteiger charge is -2.51. The number of nitrogens with one attached hydrogen (secondary N) is 1. The first-order chi connectivity index (χ1) is 8.02. The van der Waals surface area contributed by atoms with E-state index in [0.29, 0.717) is 6.10 Å². The molecule has 3 heteroatoms. The van der Waals surface area contributed by atoms with Crippen LogP contribution in [0, 0.1) is 5.92 Å². The summed E-state index contributed by atoms with van der Waals surface area (Å²) in [5.41, 5.74) is 0.0238. The van der Waals surface area contributed by atoms with Gasteiger partial charge in [0.2, 0.25) is 0 Å². The quantitative estimate of drug-likeness (QED) is 0.812. The van der Waals surface area contributed by atoms with Crippen LogP contribution >= 0.6 is 0 Å². The minimum Gasteiger partial charge on any atom is -0.370 e. The highest BCUT2D eigenvalue weighted by molar-refractivity contribution is 4.94. The van der Waals surface area contributed by atoms with Crippen LogP contribution in [0.25, 0.3) is 0 Å². The highest BCUT2D eigenvalue weighted by Gasteiger charge is 2.41. The molecule has 1 saturated heterocycles. The topological polar surface area (TPSA) is 24.5 Å². The monoisotopic (exact) mass is 240 g/mol. The molecule has 2 rings (SSSR count). The lowest BCUT2D eigenvalue weighted by molar-refractivity contribution is -0.151. The smallest absolute Gasteiger partial charge is 0.0757 e. The van der Waals surface area contributed by atoms with Gasteiger partial charge in [0, 0.05) is 19.1 Å². The number of hydrogen-bond donors (Lipinski definition) is 1. The van der Waals surface area contributed by atoms with Gasteiger partial charge < -0.3 is 10.1 Å². The van der Waals surface area contributed by atoms with Crippen LogP contribution in [0.3, 0.4) is 0 Å². The number of hydrogen-bond acceptors (Lipinski definition) is 3. The summed E-state index contributed by atoms with van der Waals surface area (Å²) in [7, 11) is 0. The Balaban J connectivity index is 1.89. The van der Waals surface area contributed by atoms with Gasteiger partial charge >= 0.3 is 0 Å². The second kappa shape index (κ2) is 5.25. The molecule has 2 fully saturated rings. The van der Waals surface area contributed by atoms with E-state index in [2.05, 4.69) is 37.9 Å². The molecule has 1 aliphatic carbocycles. The van der Waals surface area contributed by atoms with Gasteiger partial charge in [0.1, 0.15) is 0 Å². The predicted molar refractivity (Wildman–Crippen MR) is 71.3 cm³/mol. The minimum absolute atomic E-state index is 0.0238. The largest absolute Gasteiger partial charge is 0.370 e. The predicted octanol–water partition coefficient (Wildman–Crippen LogP) is 1.87. The van der Waals surface area contributed by atoms with Crippen LogP contribution in [-0.2, 0) is 4.74 Å². The third-order valence-electron chi connectivity index (χ3n) is 4.10. The molecule has 17 heavy (non-hydrogen) atoms. The second-order valence-electron chi connectivity index (χ2n) is 6.33. The average Bonchev–Trinajstić information content (AvgIpc) is 2.13. The van der Waals surface area contributed by atoms with E-state index in [4.69, 9.17) is 4.74 Å². The lowest BCUT2D eigenvalue weighted by atomic mass is 9.77. The molecule has 0 aromatic rings. The van der Waals surface area contributed by atoms with E-state index in [1.54, 1.807) is 0 Å². The zero-order chi connectivity index (χ0) is 12.5. The molecule has 100 valence electrons. The third-order valence-corrected chi connectivity index (χ3v) is 4.10. The Morgan fingerprint density at radius 1 is 1.35 bits per heavy atom. The summed E-state index contributed by atoms with van der Waals surface area (Å²) >= 11 is 0. The fourth-order valence-corrected chi connectivity index (χ4v) is 3.36. The van der Waals surface area contributed by atoms with Gasteiger partial charge in [-0.1, -0.05) is 6.92 Å². The highest BCUT2D eigenvalue weighted by Crippen LogP contribution is 2.35. The van der Waals surface area contributed by atoms with Gasteiger partial charge in [-0.3, -0.25) is 4.90 Å². The van der Waals surface area contributed by atoms with Gasteiger partial charge in [-0.2, -0.15) is 0 Å². The van der Waals surface area contributed by atoms with Crippen molar-refractivity contribution in [1.29, 1.82) is 0 Å². The highest BCUT2D eigenvalue weighted by atomic mass is 16.5. The summed E-state index contributed by atoms with van der Waals surface area (Å²) in [6.45, 7) is 13.3. The van der Waals surface area contributed by atoms with Crippen LogP contribution in [0.1, 0.15) is 40.5 Å². The molecule has 0 bridgehead atoms. The lowest BCUT2D eigenvalue weighted by Crippen LogP contribution is -2.60. The van der Waals surface area contributed by atoms with Gasteiger partial charge in [0.05, 0.1) is 11.7 Å². The SMILES string of the molecule is CCNCC1CCC1N1CC(C)OC(C)(C)C1. The Morgan fingerprint density at radius 3 is 2.65 bits per heavy atom. The summed E-state index contributed by atoms with van der Waals surface area (Å²) in [6, 6.07) is 0.791. The number of morpholine rings is 1. The van der Waals surface area contributed by atoms with E-state index in [9.17, 15) is 0 Å². The van der Waals surface area contributed by atoms with Crippen LogP contribution in [0.5, 0.6) is 0 Å². The van der Waals surface area contributed by atoms with Crippen molar-refractivity contribution in [3.8, 4) is 0 Å². The molecule has 0 aromatic carbocycles. The molecule has 3 atom stereocenters. The van der Waals surface area contributed by atoms with Gasteiger partial charge in [-0.15, -0.1) is 0 Å². The van der Waals surface area contributed by atoms with E-state index in [-0.39, 0.29) is 5.60 Å². The maximum atomic E-state index is 5.98. The van der Waals surface area contributed by atoms with Gasteiger partial charge in [-0.05, 0) is 52.6 Å². The first kappa shape index (κ1) is 13.3. The minimum atomic E-state index is 0.0238. The molecule has 0 radical (unpaired) electrons. The normalized spacial score (nSPS) is 37.8. The van der Waals surface area contributed by atoms with E-state index in [0.717, 1.165) is 31.6 Å². The molecule has 2 aliphatic rings. The maximum Gasteiger partial charge on any atom is 0.0757 e. The fraction of sp³-hybridized carbons (Fsp3) is 1.00. The molecule has 1 aliphatic heterocycles. The van der Waals surface area contributed by atoms with Crippen molar-refractivity contribution >= 4 is 0 Å². The van der Waals surface area contributed by atoms with Crippen LogP contribution in [0.15, 0.2) is 0 Å². The average molecular weight is 240 g/mol. The van der Waals surface area contributed by atoms with Gasteiger partial charge in [0.25, 0.3) is 0 Å². The van der Waals surface area contributed by atoms with Crippen molar-refractivity contribution in [2.24, 2.45) is 5.92 Å². The molecular formula is C14H28N2O. The molecule has 3 unspecified atom stereocenters. The van der Waals surface area contributed by atoms with E-state index < -0.39 is 0 Å². The van der Waals surface area contributed by atoms with Gasteiger partial charge in [-0.25, -0.2) is 0 Å². The molecule has 1 N–H and O–H groups in total. The zero-order valence-corrected chi connectivity index (χ0v) is 11.8. The van der Waals surface area contributed by atoms with Crippen molar-refractivity contribution in [2.75, 3.05) is 26.2 Å². The van der Waals surface area contributed by atoms with Crippen molar-refractivity contribution in [3.63, 3.8) is 0 Å². The molecule has 1 heterocycles. The molecule has 0 spiro atoms. The van der Waals surface area contributed by atoms with E-state index >= 15 is 0 Å². The van der Waals surface area contributed by atoms with Crippen molar-refractivity contribution in [2.45, 2.75) is 58.3 Å². The van der Waals surface area contributed by atoms with Crippen LogP contribution in [0.2, 0.25) is 0 Å². The Hall–Kier alpha value is -0.120. The first-order valence-electron chi connectivity index (χ1n) is 7.14. The number of rotatable bonds is 4. The summed E-state index contributed by atoms with van der Waals surface area (Å²) in [5.74, 6) is 0.857. The molecular weight excluding hydrogens is 212 g/mol. The standard InChI is InChI=1S/C14H28N2O/c1-5-15-8-12-6-7-13(12)16-9-11(2)17-14(3,4)10-16/h11-13,15H,5-10H2,1-4H3. The van der Waals surface area contributed by atoms with Crippen LogP contribution in [0.4, 0.5) is 0 Å². The van der Waals surface area contributed by atoms with Crippen molar-refractivity contribution < 1.29 is 4.74 Å². The van der Waals surface area contributed by atoms with E-state index in [1.165, 1.54) is 19.4 Å². The van der Waals surface area contributed by atoms with E-state index in [1.807, 2.05) is 0 Å². The zero-order valence-electron chi connectivity index (χ0n) is 11.8. The van der Waals surface area contributed by atoms with Crippen LogP contribution < -0.4 is 5.32 Å². The Kier molecular flexibility index (Phi) is 4.11. The molecule has 1 saturated carbocycles. The summed E-state index contributed by atoms with van der Waals surface area (Å²) in [4.78, 5) is 2.67. The molecule has 3 nitrogen and oxygen atoms in total. The summed E-state index contributed by atoms with van der Waals surface area (Å²) in [6.07, 6.45) is 3.14. The Morgan fingerprint density at radius 2 is 2.12 bits per heavy atom. The number of nitrogens with zero attached hydrogens (tertiary/aromatic N) is 1. The van der Waals surface area contributed by atoms with Crippen molar-refractivity contribution in [1.82, 2.24) is 10.2 Å². The third kappa shape index (κ3) is 3.21. The maximum absolute atomic E-state index is 5.98. The first-order valence-corrected chi connectivity index (χ1v) is 7.14. The molecule has 0 amide bonds. The fourth-order valence-electron chi connectivity index (χ4n) is 3.36. The number of ether oxygens (including phenoxy) is 1. The van der Waals surface area contributed by atoms with Gasteiger partial charge in [0.15, 0.2) is 0 Å². The van der Waals surface area contributed by atoms with Crippen LogP contribution in [-0.4, -0.2) is 48.8 Å². The Bertz CT molecular complexity index is 255. The molecule has 0 aromatic heterocycles. The summed E-state index contributed by atoms with van der Waals surface area (Å²) in [5, 5.41) is 3.49. The van der Waals surface area contributed by atoms with Crippen molar-refractivity contribution in [3.05, 3.63) is 0 Å².